The van der Waals surface area contributed by atoms with Crippen molar-refractivity contribution in [1.82, 2.24) is 10.2 Å². The summed E-state index contributed by atoms with van der Waals surface area (Å²) in [5, 5.41) is 15.3. The predicted molar refractivity (Wildman–Crippen MR) is 94.5 cm³/mol. The van der Waals surface area contributed by atoms with Crippen molar-refractivity contribution in [2.45, 2.75) is 23.4 Å². The normalized spacial score (nSPS) is 12.0. The maximum absolute atomic E-state index is 12.2. The summed E-state index contributed by atoms with van der Waals surface area (Å²) < 4.78 is 0.732. The quantitative estimate of drug-likeness (QED) is 0.731. The molecule has 2 N–H and O–H groups in total. The summed E-state index contributed by atoms with van der Waals surface area (Å²) in [6.07, 6.45) is 0. The van der Waals surface area contributed by atoms with E-state index in [1.165, 1.54) is 23.1 Å². The fraction of sp³-hybridized carbons (Fsp3) is 0.308. The number of hydrogen-bond donors (Lipinski definition) is 2. The molecule has 1 aromatic heterocycles. The van der Waals surface area contributed by atoms with Crippen LogP contribution in [0.25, 0.3) is 0 Å². The Bertz CT molecular complexity index is 665. The van der Waals surface area contributed by atoms with Crippen LogP contribution in [-0.4, -0.2) is 27.9 Å². The van der Waals surface area contributed by atoms with Crippen molar-refractivity contribution in [3.63, 3.8) is 0 Å². The molecule has 1 atom stereocenters. The molecule has 0 saturated heterocycles. The van der Waals surface area contributed by atoms with E-state index in [0.717, 1.165) is 16.0 Å². The third-order valence-electron chi connectivity index (χ3n) is 2.57. The van der Waals surface area contributed by atoms with Crippen LogP contribution in [0.3, 0.4) is 0 Å². The number of carbonyl (C=O) groups excluding carboxylic acids is 1. The Kier molecular flexibility index (Phi) is 6.31. The maximum atomic E-state index is 12.2. The summed E-state index contributed by atoms with van der Waals surface area (Å²) in [4.78, 5) is 12.2. The van der Waals surface area contributed by atoms with Gasteiger partial charge in [0.1, 0.15) is 0 Å². The second kappa shape index (κ2) is 8.01. The number of hydrogen-bond acceptors (Lipinski definition) is 6. The molecule has 2 aromatic rings. The molecular weight excluding hydrogens is 363 g/mol. The Hall–Kier alpha value is -1.02. The molecule has 118 valence electrons. The number of carbonyl (C=O) groups is 1. The Morgan fingerprint density at radius 2 is 2.18 bits per heavy atom. The van der Waals surface area contributed by atoms with Crippen molar-refractivity contribution in [2.24, 2.45) is 0 Å². The van der Waals surface area contributed by atoms with Crippen LogP contribution in [0, 0.1) is 0 Å². The Morgan fingerprint density at radius 1 is 1.41 bits per heavy atom. The van der Waals surface area contributed by atoms with Crippen molar-refractivity contribution in [1.29, 1.82) is 0 Å². The molecule has 0 saturated carbocycles. The Labute approximate surface area is 146 Å². The van der Waals surface area contributed by atoms with Gasteiger partial charge in [-0.05, 0) is 32.0 Å². The van der Waals surface area contributed by atoms with Crippen LogP contribution in [0.4, 0.5) is 10.8 Å². The van der Waals surface area contributed by atoms with Crippen LogP contribution in [0.5, 0.6) is 0 Å². The van der Waals surface area contributed by atoms with Gasteiger partial charge in [-0.25, -0.2) is 0 Å². The minimum Gasteiger partial charge on any atom is -0.360 e. The first-order chi connectivity index (χ1) is 10.5. The lowest BCUT2D eigenvalue weighted by atomic mass is 10.3. The first-order valence-electron chi connectivity index (χ1n) is 6.49. The molecule has 1 heterocycles. The van der Waals surface area contributed by atoms with Crippen LogP contribution in [0.1, 0.15) is 13.8 Å². The van der Waals surface area contributed by atoms with Crippen LogP contribution in [0.15, 0.2) is 22.5 Å². The van der Waals surface area contributed by atoms with E-state index in [-0.39, 0.29) is 11.2 Å². The molecule has 0 fully saturated rings. The molecule has 0 unspecified atom stereocenters. The first kappa shape index (κ1) is 17.3. The number of amides is 1. The zero-order chi connectivity index (χ0) is 16.1. The van der Waals surface area contributed by atoms with Crippen LogP contribution >= 0.6 is 46.3 Å². The predicted octanol–water partition coefficient (Wildman–Crippen LogP) is 4.40. The summed E-state index contributed by atoms with van der Waals surface area (Å²) in [7, 11) is 0. The number of thioether (sulfide) groups is 1. The number of aromatic nitrogens is 2. The molecule has 0 aliphatic carbocycles. The van der Waals surface area contributed by atoms with Gasteiger partial charge in [0.25, 0.3) is 0 Å². The van der Waals surface area contributed by atoms with Gasteiger partial charge in [0.05, 0.1) is 16.0 Å². The van der Waals surface area contributed by atoms with Crippen molar-refractivity contribution in [3.8, 4) is 0 Å². The molecule has 0 aliphatic heterocycles. The highest BCUT2D eigenvalue weighted by atomic mass is 35.5. The van der Waals surface area contributed by atoms with E-state index in [1.807, 2.05) is 6.92 Å². The number of halogens is 2. The zero-order valence-electron chi connectivity index (χ0n) is 11.9. The van der Waals surface area contributed by atoms with Gasteiger partial charge in [0, 0.05) is 11.6 Å². The molecule has 2 rings (SSSR count). The van der Waals surface area contributed by atoms with Crippen LogP contribution < -0.4 is 10.6 Å². The number of nitrogens with zero attached hydrogens (tertiary/aromatic N) is 2. The summed E-state index contributed by atoms with van der Waals surface area (Å²) in [6.45, 7) is 4.56. The highest BCUT2D eigenvalue weighted by Crippen LogP contribution is 2.30. The number of anilines is 2. The molecule has 9 heteroatoms. The van der Waals surface area contributed by atoms with Gasteiger partial charge in [-0.15, -0.1) is 10.2 Å². The Balaban J connectivity index is 1.98. The van der Waals surface area contributed by atoms with Crippen LogP contribution in [-0.2, 0) is 4.79 Å². The second-order valence-corrected chi connectivity index (χ2v) is 7.69. The summed E-state index contributed by atoms with van der Waals surface area (Å²) in [5.74, 6) is -0.172. The molecule has 22 heavy (non-hydrogen) atoms. The summed E-state index contributed by atoms with van der Waals surface area (Å²) in [6, 6.07) is 4.93. The van der Waals surface area contributed by atoms with E-state index in [9.17, 15) is 4.79 Å². The highest BCUT2D eigenvalue weighted by molar-refractivity contribution is 8.02. The zero-order valence-corrected chi connectivity index (χ0v) is 15.0. The van der Waals surface area contributed by atoms with Crippen LogP contribution in [0.2, 0.25) is 10.0 Å². The summed E-state index contributed by atoms with van der Waals surface area (Å²) >= 11 is 14.7. The molecule has 0 bridgehead atoms. The topological polar surface area (TPSA) is 66.9 Å². The van der Waals surface area contributed by atoms with E-state index < -0.39 is 0 Å². The van der Waals surface area contributed by atoms with E-state index in [2.05, 4.69) is 20.8 Å². The van der Waals surface area contributed by atoms with E-state index >= 15 is 0 Å². The summed E-state index contributed by atoms with van der Waals surface area (Å²) in [5.41, 5.74) is 0.497. The van der Waals surface area contributed by atoms with Crippen molar-refractivity contribution >= 4 is 63.0 Å². The van der Waals surface area contributed by atoms with Gasteiger partial charge in [0.2, 0.25) is 11.0 Å². The molecule has 0 aliphatic rings. The fourth-order valence-electron chi connectivity index (χ4n) is 1.51. The SMILES string of the molecule is CCNc1nnc(S[C@@H](C)C(=O)Nc2cc(Cl)ccc2Cl)s1. The minimum absolute atomic E-state index is 0.172. The number of nitrogens with one attached hydrogen (secondary N) is 2. The van der Waals surface area contributed by atoms with Crippen molar-refractivity contribution in [2.75, 3.05) is 17.2 Å². The average Bonchev–Trinajstić information content (AvgIpc) is 2.90. The largest absolute Gasteiger partial charge is 0.360 e. The lowest BCUT2D eigenvalue weighted by Gasteiger charge is -2.11. The highest BCUT2D eigenvalue weighted by Gasteiger charge is 2.18. The fourth-order valence-corrected chi connectivity index (χ4v) is 3.81. The maximum Gasteiger partial charge on any atom is 0.237 e. The number of rotatable bonds is 6. The third-order valence-corrected chi connectivity index (χ3v) is 5.20. The van der Waals surface area contributed by atoms with Crippen molar-refractivity contribution in [3.05, 3.63) is 28.2 Å². The van der Waals surface area contributed by atoms with Gasteiger partial charge in [-0.1, -0.05) is 46.3 Å². The minimum atomic E-state index is -0.336. The molecule has 5 nitrogen and oxygen atoms in total. The van der Waals surface area contributed by atoms with Gasteiger partial charge in [0.15, 0.2) is 4.34 Å². The smallest absolute Gasteiger partial charge is 0.237 e. The van der Waals surface area contributed by atoms with E-state index in [0.29, 0.717) is 15.7 Å². The first-order valence-corrected chi connectivity index (χ1v) is 8.94. The Morgan fingerprint density at radius 3 is 2.91 bits per heavy atom. The second-order valence-electron chi connectivity index (χ2n) is 4.28. The molecular formula is C13H14Cl2N4OS2. The van der Waals surface area contributed by atoms with Crippen molar-refractivity contribution < 1.29 is 4.79 Å². The third kappa shape index (κ3) is 4.74. The van der Waals surface area contributed by atoms with E-state index in [4.69, 9.17) is 23.2 Å². The number of benzene rings is 1. The average molecular weight is 377 g/mol. The van der Waals surface area contributed by atoms with Gasteiger partial charge in [-0.3, -0.25) is 4.79 Å². The molecule has 0 radical (unpaired) electrons. The monoisotopic (exact) mass is 376 g/mol. The lowest BCUT2D eigenvalue weighted by molar-refractivity contribution is -0.115. The van der Waals surface area contributed by atoms with Gasteiger partial charge in [-0.2, -0.15) is 0 Å². The van der Waals surface area contributed by atoms with Gasteiger partial charge >= 0.3 is 0 Å². The molecule has 1 amide bonds. The van der Waals surface area contributed by atoms with E-state index in [1.54, 1.807) is 25.1 Å². The standard InChI is InChI=1S/C13H14Cl2N4OS2/c1-3-16-12-18-19-13(22-12)21-7(2)11(20)17-10-6-8(14)4-5-9(10)15/h4-7H,3H2,1-2H3,(H,16,18)(H,17,20)/t7-/m0/s1. The molecule has 0 spiro atoms. The molecule has 1 aromatic carbocycles. The van der Waals surface area contributed by atoms with Gasteiger partial charge < -0.3 is 10.6 Å². The lowest BCUT2D eigenvalue weighted by Crippen LogP contribution is -2.22.